The van der Waals surface area contributed by atoms with Gasteiger partial charge in [-0.2, -0.15) is 0 Å². The summed E-state index contributed by atoms with van der Waals surface area (Å²) in [6, 6.07) is 4.47. The van der Waals surface area contributed by atoms with Crippen LogP contribution in [0, 0.1) is 17.7 Å². The molecule has 2 unspecified atom stereocenters. The summed E-state index contributed by atoms with van der Waals surface area (Å²) in [5.41, 5.74) is 0.688. The molecule has 0 amide bonds. The zero-order chi connectivity index (χ0) is 16.8. The van der Waals surface area contributed by atoms with E-state index in [1.807, 2.05) is 0 Å². The maximum Gasteiger partial charge on any atom is 0.170 e. The Morgan fingerprint density at radius 3 is 2.70 bits per heavy atom. The average Bonchev–Trinajstić information content (AvgIpc) is 2.46. The van der Waals surface area contributed by atoms with Crippen LogP contribution >= 0.6 is 23.8 Å². The van der Waals surface area contributed by atoms with Gasteiger partial charge in [0.25, 0.3) is 0 Å². The number of hydrogen-bond donors (Lipinski definition) is 2. The van der Waals surface area contributed by atoms with Gasteiger partial charge in [-0.25, -0.2) is 4.39 Å². The van der Waals surface area contributed by atoms with Crippen molar-refractivity contribution in [3.63, 3.8) is 0 Å². The van der Waals surface area contributed by atoms with E-state index in [4.69, 9.17) is 23.8 Å². The molecule has 3 nitrogen and oxygen atoms in total. The van der Waals surface area contributed by atoms with Crippen molar-refractivity contribution in [2.24, 2.45) is 11.8 Å². The topological polar surface area (TPSA) is 27.3 Å². The van der Waals surface area contributed by atoms with Crippen molar-refractivity contribution in [3.05, 3.63) is 29.0 Å². The number of likely N-dealkylation sites (tertiary alicyclic amines) is 1. The maximum absolute atomic E-state index is 13.1. The van der Waals surface area contributed by atoms with Crippen molar-refractivity contribution in [2.45, 2.75) is 26.7 Å². The van der Waals surface area contributed by atoms with E-state index in [-0.39, 0.29) is 5.02 Å². The number of thiocarbonyl (C=S) groups is 1. The Bertz CT molecular complexity index is 531. The van der Waals surface area contributed by atoms with Crippen molar-refractivity contribution in [1.82, 2.24) is 10.2 Å². The molecule has 1 aromatic carbocycles. The molecule has 0 aliphatic carbocycles. The van der Waals surface area contributed by atoms with E-state index in [9.17, 15) is 4.39 Å². The first-order valence-electron chi connectivity index (χ1n) is 8.16. The van der Waals surface area contributed by atoms with E-state index in [2.05, 4.69) is 29.4 Å². The predicted molar refractivity (Wildman–Crippen MR) is 99.6 cm³/mol. The summed E-state index contributed by atoms with van der Waals surface area (Å²) in [4.78, 5) is 2.54. The Morgan fingerprint density at radius 1 is 1.35 bits per heavy atom. The number of piperidine rings is 1. The Morgan fingerprint density at radius 2 is 2.04 bits per heavy atom. The maximum atomic E-state index is 13.1. The highest BCUT2D eigenvalue weighted by molar-refractivity contribution is 7.80. The minimum atomic E-state index is -0.430. The minimum Gasteiger partial charge on any atom is -0.362 e. The van der Waals surface area contributed by atoms with E-state index < -0.39 is 5.82 Å². The molecule has 2 atom stereocenters. The van der Waals surface area contributed by atoms with Gasteiger partial charge in [-0.05, 0) is 61.6 Å². The summed E-state index contributed by atoms with van der Waals surface area (Å²) in [5.74, 6) is 1.15. The minimum absolute atomic E-state index is 0.0890. The van der Waals surface area contributed by atoms with Crippen LogP contribution in [0.1, 0.15) is 26.7 Å². The second-order valence-electron chi connectivity index (χ2n) is 6.57. The predicted octanol–water partition coefficient (Wildman–Crippen LogP) is 4.13. The second-order valence-corrected chi connectivity index (χ2v) is 7.38. The molecule has 0 saturated carbocycles. The third-order valence-corrected chi connectivity index (χ3v) is 4.59. The summed E-state index contributed by atoms with van der Waals surface area (Å²) in [6.07, 6.45) is 2.38. The molecule has 1 aliphatic heterocycles. The van der Waals surface area contributed by atoms with Gasteiger partial charge < -0.3 is 15.5 Å². The van der Waals surface area contributed by atoms with Crippen molar-refractivity contribution in [1.29, 1.82) is 0 Å². The number of halogens is 2. The molecule has 23 heavy (non-hydrogen) atoms. The lowest BCUT2D eigenvalue weighted by molar-refractivity contribution is 0.140. The molecule has 2 rings (SSSR count). The van der Waals surface area contributed by atoms with E-state index in [0.717, 1.165) is 31.3 Å². The van der Waals surface area contributed by atoms with E-state index in [1.165, 1.54) is 31.6 Å². The number of nitrogens with zero attached hydrogens (tertiary/aromatic N) is 1. The lowest BCUT2D eigenvalue weighted by Gasteiger charge is -2.34. The van der Waals surface area contributed by atoms with Gasteiger partial charge in [-0.1, -0.05) is 25.4 Å². The zero-order valence-corrected chi connectivity index (χ0v) is 15.3. The molecule has 0 spiro atoms. The monoisotopic (exact) mass is 357 g/mol. The van der Waals surface area contributed by atoms with E-state index in [0.29, 0.717) is 10.8 Å². The van der Waals surface area contributed by atoms with Gasteiger partial charge in [-0.15, -0.1) is 0 Å². The van der Waals surface area contributed by atoms with Gasteiger partial charge in [0.1, 0.15) is 5.82 Å². The Balaban J connectivity index is 1.65. The lowest BCUT2D eigenvalue weighted by atomic mass is 9.92. The molecule has 1 aliphatic rings. The molecule has 1 heterocycles. The van der Waals surface area contributed by atoms with E-state index >= 15 is 0 Å². The zero-order valence-electron chi connectivity index (χ0n) is 13.7. The first-order valence-corrected chi connectivity index (χ1v) is 8.95. The van der Waals surface area contributed by atoms with Crippen LogP contribution in [0.2, 0.25) is 5.02 Å². The SMILES string of the molecule is CC1CC(C)CN(CCCNC(=S)Nc2ccc(F)c(Cl)c2)C1. The number of hydrogen-bond acceptors (Lipinski definition) is 2. The molecule has 6 heteroatoms. The van der Waals surface area contributed by atoms with Gasteiger partial charge in [0.2, 0.25) is 0 Å². The van der Waals surface area contributed by atoms with Gasteiger partial charge >= 0.3 is 0 Å². The molecule has 0 aromatic heterocycles. The second kappa shape index (κ2) is 8.81. The summed E-state index contributed by atoms with van der Waals surface area (Å²) >= 11 is 11.0. The fraction of sp³-hybridized carbons (Fsp3) is 0.588. The van der Waals surface area contributed by atoms with Crippen LogP contribution in [-0.2, 0) is 0 Å². The number of rotatable bonds is 5. The van der Waals surface area contributed by atoms with Gasteiger partial charge in [0, 0.05) is 25.3 Å². The van der Waals surface area contributed by atoms with Crippen molar-refractivity contribution >= 4 is 34.6 Å². The van der Waals surface area contributed by atoms with Crippen LogP contribution < -0.4 is 10.6 Å². The third kappa shape index (κ3) is 6.24. The molecule has 1 aromatic rings. The number of benzene rings is 1. The Hall–Kier alpha value is -0.910. The third-order valence-electron chi connectivity index (χ3n) is 4.06. The average molecular weight is 358 g/mol. The van der Waals surface area contributed by atoms with Crippen LogP contribution in [-0.4, -0.2) is 36.2 Å². The molecular formula is C17H25ClFN3S. The fourth-order valence-corrected chi connectivity index (χ4v) is 3.63. The van der Waals surface area contributed by atoms with Crippen LogP contribution in [0.25, 0.3) is 0 Å². The van der Waals surface area contributed by atoms with E-state index in [1.54, 1.807) is 6.07 Å². The molecule has 1 fully saturated rings. The van der Waals surface area contributed by atoms with Gasteiger partial charge in [0.05, 0.1) is 5.02 Å². The van der Waals surface area contributed by atoms with Crippen LogP contribution in [0.15, 0.2) is 18.2 Å². The first kappa shape index (κ1) is 18.4. The Kier molecular flexibility index (Phi) is 7.06. The Labute approximate surface area is 148 Å². The highest BCUT2D eigenvalue weighted by Gasteiger charge is 2.20. The molecular weight excluding hydrogens is 333 g/mol. The summed E-state index contributed by atoms with van der Waals surface area (Å²) < 4.78 is 13.1. The largest absolute Gasteiger partial charge is 0.362 e. The van der Waals surface area contributed by atoms with Gasteiger partial charge in [-0.3, -0.25) is 0 Å². The first-order chi connectivity index (χ1) is 10.9. The smallest absolute Gasteiger partial charge is 0.170 e. The molecule has 128 valence electrons. The number of nitrogens with one attached hydrogen (secondary N) is 2. The lowest BCUT2D eigenvalue weighted by Crippen LogP contribution is -2.40. The molecule has 2 N–H and O–H groups in total. The highest BCUT2D eigenvalue weighted by atomic mass is 35.5. The van der Waals surface area contributed by atoms with Crippen molar-refractivity contribution in [2.75, 3.05) is 31.5 Å². The fourth-order valence-electron chi connectivity index (χ4n) is 3.23. The van der Waals surface area contributed by atoms with Crippen LogP contribution in [0.3, 0.4) is 0 Å². The normalized spacial score (nSPS) is 21.9. The van der Waals surface area contributed by atoms with Crippen molar-refractivity contribution < 1.29 is 4.39 Å². The molecule has 0 radical (unpaired) electrons. The molecule has 1 saturated heterocycles. The van der Waals surface area contributed by atoms with Crippen LogP contribution in [0.4, 0.5) is 10.1 Å². The summed E-state index contributed by atoms with van der Waals surface area (Å²) in [6.45, 7) is 8.95. The summed E-state index contributed by atoms with van der Waals surface area (Å²) in [7, 11) is 0. The van der Waals surface area contributed by atoms with Crippen LogP contribution in [0.5, 0.6) is 0 Å². The highest BCUT2D eigenvalue weighted by Crippen LogP contribution is 2.21. The van der Waals surface area contributed by atoms with Gasteiger partial charge in [0.15, 0.2) is 5.11 Å². The standard InChI is InChI=1S/C17H25ClFN3S/c1-12-8-13(2)11-22(10-12)7-3-6-20-17(23)21-14-4-5-16(19)15(18)9-14/h4-5,9,12-13H,3,6-8,10-11H2,1-2H3,(H2,20,21,23). The molecule has 0 bridgehead atoms. The van der Waals surface area contributed by atoms with Crippen molar-refractivity contribution in [3.8, 4) is 0 Å². The summed E-state index contributed by atoms with van der Waals surface area (Å²) in [5, 5.41) is 6.83. The number of anilines is 1. The quantitative estimate of drug-likeness (QED) is 0.612.